The zero-order valence-electron chi connectivity index (χ0n) is 17.5. The second-order valence-corrected chi connectivity index (χ2v) is 8.13. The first-order valence-corrected chi connectivity index (χ1v) is 9.84. The first-order valence-electron chi connectivity index (χ1n) is 9.84. The standard InChI is InChI=1S/C22H34N4O/c1-14(2)13-26-17(6)20(16(5)25-26)11-22(27)24-12-21(23)19-9-7-18(8-10-19)15(3)4/h7-10,14-15,21H,11-13,23H2,1-6H3,(H,24,27). The predicted molar refractivity (Wildman–Crippen MR) is 111 cm³/mol. The maximum absolute atomic E-state index is 12.4. The van der Waals surface area contributed by atoms with Crippen molar-refractivity contribution in [3.8, 4) is 0 Å². The number of benzene rings is 1. The van der Waals surface area contributed by atoms with Gasteiger partial charge < -0.3 is 11.1 Å². The molecule has 148 valence electrons. The van der Waals surface area contributed by atoms with E-state index >= 15 is 0 Å². The number of hydrogen-bond donors (Lipinski definition) is 2. The van der Waals surface area contributed by atoms with Crippen LogP contribution in [0, 0.1) is 19.8 Å². The van der Waals surface area contributed by atoms with E-state index in [9.17, 15) is 4.79 Å². The second-order valence-electron chi connectivity index (χ2n) is 8.13. The van der Waals surface area contributed by atoms with Gasteiger partial charge in [0.2, 0.25) is 5.91 Å². The molecule has 0 radical (unpaired) electrons. The van der Waals surface area contributed by atoms with E-state index in [1.807, 2.05) is 18.5 Å². The number of nitrogens with one attached hydrogen (secondary N) is 1. The van der Waals surface area contributed by atoms with Gasteiger partial charge in [0.25, 0.3) is 0 Å². The van der Waals surface area contributed by atoms with Crippen molar-refractivity contribution >= 4 is 5.91 Å². The molecule has 0 spiro atoms. The molecular formula is C22H34N4O. The fourth-order valence-corrected chi connectivity index (χ4v) is 3.21. The lowest BCUT2D eigenvalue weighted by Gasteiger charge is -2.15. The number of hydrogen-bond acceptors (Lipinski definition) is 3. The van der Waals surface area contributed by atoms with Gasteiger partial charge in [0.05, 0.1) is 12.1 Å². The molecule has 0 aliphatic rings. The van der Waals surface area contributed by atoms with Crippen molar-refractivity contribution in [3.05, 3.63) is 52.3 Å². The molecule has 1 aromatic carbocycles. The molecule has 2 rings (SSSR count). The van der Waals surface area contributed by atoms with Crippen molar-refractivity contribution in [2.45, 2.75) is 66.5 Å². The third-order valence-electron chi connectivity index (χ3n) is 4.96. The fraction of sp³-hybridized carbons (Fsp3) is 0.545. The molecule has 1 unspecified atom stereocenters. The number of aromatic nitrogens is 2. The van der Waals surface area contributed by atoms with Gasteiger partial charge in [-0.15, -0.1) is 0 Å². The van der Waals surface area contributed by atoms with E-state index in [1.165, 1.54) is 5.56 Å². The number of nitrogens with two attached hydrogens (primary N) is 1. The summed E-state index contributed by atoms with van der Waals surface area (Å²) < 4.78 is 2.00. The highest BCUT2D eigenvalue weighted by molar-refractivity contribution is 5.79. The molecular weight excluding hydrogens is 336 g/mol. The third kappa shape index (κ3) is 5.67. The Hall–Kier alpha value is -2.14. The Kier molecular flexibility index (Phi) is 7.19. The minimum Gasteiger partial charge on any atom is -0.354 e. The Balaban J connectivity index is 1.93. The van der Waals surface area contributed by atoms with E-state index < -0.39 is 0 Å². The van der Waals surface area contributed by atoms with Crippen LogP contribution in [0.15, 0.2) is 24.3 Å². The molecule has 0 bridgehead atoms. The van der Waals surface area contributed by atoms with Gasteiger partial charge in [-0.1, -0.05) is 52.0 Å². The molecule has 5 nitrogen and oxygen atoms in total. The summed E-state index contributed by atoms with van der Waals surface area (Å²) in [4.78, 5) is 12.4. The minimum atomic E-state index is -0.207. The summed E-state index contributed by atoms with van der Waals surface area (Å²) in [5.74, 6) is 1.00. The van der Waals surface area contributed by atoms with Crippen LogP contribution < -0.4 is 11.1 Å². The van der Waals surface area contributed by atoms with E-state index in [0.29, 0.717) is 24.8 Å². The van der Waals surface area contributed by atoms with Crippen molar-refractivity contribution in [3.63, 3.8) is 0 Å². The molecule has 0 saturated carbocycles. The average molecular weight is 371 g/mol. The highest BCUT2D eigenvalue weighted by Crippen LogP contribution is 2.18. The van der Waals surface area contributed by atoms with Gasteiger partial charge in [0.1, 0.15) is 0 Å². The molecule has 1 amide bonds. The normalized spacial score (nSPS) is 12.6. The first kappa shape index (κ1) is 21.2. The van der Waals surface area contributed by atoms with Gasteiger partial charge in [-0.2, -0.15) is 5.10 Å². The second kappa shape index (κ2) is 9.18. The summed E-state index contributed by atoms with van der Waals surface area (Å²) in [7, 11) is 0. The number of aryl methyl sites for hydroxylation is 1. The third-order valence-corrected chi connectivity index (χ3v) is 4.96. The molecule has 1 atom stereocenters. The summed E-state index contributed by atoms with van der Waals surface area (Å²) >= 11 is 0. The lowest BCUT2D eigenvalue weighted by molar-refractivity contribution is -0.120. The minimum absolute atomic E-state index is 0.0143. The summed E-state index contributed by atoms with van der Waals surface area (Å²) in [6, 6.07) is 8.11. The fourth-order valence-electron chi connectivity index (χ4n) is 3.21. The first-order chi connectivity index (χ1) is 12.7. The predicted octanol–water partition coefficient (Wildman–Crippen LogP) is 3.64. The van der Waals surface area contributed by atoms with Crippen molar-refractivity contribution in [2.24, 2.45) is 11.7 Å². The zero-order chi connectivity index (χ0) is 20.1. The Morgan fingerprint density at radius 2 is 1.70 bits per heavy atom. The average Bonchev–Trinajstić information content (AvgIpc) is 2.86. The molecule has 5 heteroatoms. The van der Waals surface area contributed by atoms with Gasteiger partial charge >= 0.3 is 0 Å². The van der Waals surface area contributed by atoms with Gasteiger partial charge in [-0.05, 0) is 36.8 Å². The maximum Gasteiger partial charge on any atom is 0.224 e. The Bertz CT molecular complexity index is 759. The molecule has 3 N–H and O–H groups in total. The largest absolute Gasteiger partial charge is 0.354 e. The lowest BCUT2D eigenvalue weighted by atomic mass is 9.99. The van der Waals surface area contributed by atoms with E-state index in [2.05, 4.69) is 62.4 Å². The summed E-state index contributed by atoms with van der Waals surface area (Å²) in [5, 5.41) is 7.55. The van der Waals surface area contributed by atoms with Crippen LogP contribution in [-0.2, 0) is 17.8 Å². The summed E-state index contributed by atoms with van der Waals surface area (Å²) in [6.45, 7) is 14.0. The van der Waals surface area contributed by atoms with Crippen molar-refractivity contribution in [2.75, 3.05) is 6.54 Å². The van der Waals surface area contributed by atoms with E-state index in [1.54, 1.807) is 0 Å². The van der Waals surface area contributed by atoms with Crippen LogP contribution in [0.25, 0.3) is 0 Å². The summed E-state index contributed by atoms with van der Waals surface area (Å²) in [5.41, 5.74) is 11.6. The zero-order valence-corrected chi connectivity index (χ0v) is 17.5. The Labute approximate surface area is 163 Å². The number of amides is 1. The van der Waals surface area contributed by atoms with E-state index in [0.717, 1.165) is 29.1 Å². The Morgan fingerprint density at radius 1 is 1.11 bits per heavy atom. The molecule has 0 saturated heterocycles. The highest BCUT2D eigenvalue weighted by Gasteiger charge is 2.16. The molecule has 0 aliphatic carbocycles. The quantitative estimate of drug-likeness (QED) is 0.745. The number of carbonyl (C=O) groups excluding carboxylic acids is 1. The van der Waals surface area contributed by atoms with Gasteiger partial charge in [-0.3, -0.25) is 9.48 Å². The molecule has 1 heterocycles. The van der Waals surface area contributed by atoms with Gasteiger partial charge in [0.15, 0.2) is 0 Å². The molecule has 0 fully saturated rings. The number of rotatable bonds is 8. The topological polar surface area (TPSA) is 72.9 Å². The molecule has 27 heavy (non-hydrogen) atoms. The van der Waals surface area contributed by atoms with Crippen LogP contribution in [-0.4, -0.2) is 22.2 Å². The van der Waals surface area contributed by atoms with E-state index in [4.69, 9.17) is 5.73 Å². The van der Waals surface area contributed by atoms with Crippen LogP contribution in [0.3, 0.4) is 0 Å². The van der Waals surface area contributed by atoms with Gasteiger partial charge in [-0.25, -0.2) is 0 Å². The van der Waals surface area contributed by atoms with Crippen molar-refractivity contribution in [1.82, 2.24) is 15.1 Å². The molecule has 2 aromatic rings. The monoisotopic (exact) mass is 370 g/mol. The number of nitrogens with zero attached hydrogens (tertiary/aromatic N) is 2. The van der Waals surface area contributed by atoms with Crippen LogP contribution >= 0.6 is 0 Å². The lowest BCUT2D eigenvalue weighted by Crippen LogP contribution is -2.33. The smallest absolute Gasteiger partial charge is 0.224 e. The SMILES string of the molecule is Cc1nn(CC(C)C)c(C)c1CC(=O)NCC(N)c1ccc(C(C)C)cc1. The number of carbonyl (C=O) groups is 1. The molecule has 0 aliphatic heterocycles. The van der Waals surface area contributed by atoms with Crippen molar-refractivity contribution in [1.29, 1.82) is 0 Å². The highest BCUT2D eigenvalue weighted by atomic mass is 16.1. The van der Waals surface area contributed by atoms with Crippen LogP contribution in [0.1, 0.15) is 67.7 Å². The summed E-state index contributed by atoms with van der Waals surface area (Å²) in [6.07, 6.45) is 0.342. The maximum atomic E-state index is 12.4. The van der Waals surface area contributed by atoms with Crippen LogP contribution in [0.4, 0.5) is 0 Å². The van der Waals surface area contributed by atoms with Gasteiger partial charge in [0, 0.05) is 30.4 Å². The Morgan fingerprint density at radius 3 is 2.26 bits per heavy atom. The van der Waals surface area contributed by atoms with Crippen LogP contribution in [0.5, 0.6) is 0 Å². The molecule has 1 aromatic heterocycles. The van der Waals surface area contributed by atoms with E-state index in [-0.39, 0.29) is 11.9 Å². The van der Waals surface area contributed by atoms with Crippen LogP contribution in [0.2, 0.25) is 0 Å². The van der Waals surface area contributed by atoms with Crippen molar-refractivity contribution < 1.29 is 4.79 Å².